The van der Waals surface area contributed by atoms with Gasteiger partial charge in [0.15, 0.2) is 17.2 Å². The fourth-order valence-corrected chi connectivity index (χ4v) is 4.83. The molecule has 0 aromatic heterocycles. The van der Waals surface area contributed by atoms with Gasteiger partial charge >= 0.3 is 0 Å². The Morgan fingerprint density at radius 2 is 1.73 bits per heavy atom. The van der Waals surface area contributed by atoms with Crippen LogP contribution in [0.15, 0.2) is 48.5 Å². The van der Waals surface area contributed by atoms with Crippen molar-refractivity contribution >= 4 is 23.2 Å². The standard InChI is InChI=1S/C23H23NO6/c1-13(25)18-19(20(26)14-9-11-15(29-4)12-10-14)23(30-22(18,2)28)16-7-5-6-8-17(16)24(3)21(23)27/h5-12,18-19,28H,1-4H3/t18-,19+,22-,23-/m0/s1. The van der Waals surface area contributed by atoms with Crippen LogP contribution in [-0.2, 0) is 19.9 Å². The van der Waals surface area contributed by atoms with Crippen molar-refractivity contribution in [3.05, 3.63) is 59.7 Å². The highest BCUT2D eigenvalue weighted by Gasteiger charge is 2.71. The number of methoxy groups -OCH3 is 1. The molecule has 0 radical (unpaired) electrons. The number of ether oxygens (including phenoxy) is 2. The van der Waals surface area contributed by atoms with E-state index in [1.807, 2.05) is 0 Å². The number of carbonyl (C=O) groups is 3. The lowest BCUT2D eigenvalue weighted by atomic mass is 9.70. The third kappa shape index (κ3) is 2.62. The molecule has 1 N–H and O–H groups in total. The number of ketones is 2. The summed E-state index contributed by atoms with van der Waals surface area (Å²) in [6.07, 6.45) is 0. The summed E-state index contributed by atoms with van der Waals surface area (Å²) in [6, 6.07) is 13.4. The average molecular weight is 409 g/mol. The summed E-state index contributed by atoms with van der Waals surface area (Å²) in [5.41, 5.74) is -0.446. The number of rotatable bonds is 4. The molecule has 0 bridgehead atoms. The number of carbonyl (C=O) groups excluding carboxylic acids is 3. The summed E-state index contributed by atoms with van der Waals surface area (Å²) in [6.45, 7) is 2.63. The monoisotopic (exact) mass is 409 g/mol. The van der Waals surface area contributed by atoms with E-state index in [2.05, 4.69) is 0 Å². The minimum atomic E-state index is -1.99. The second kappa shape index (κ2) is 6.75. The molecule has 7 heteroatoms. The van der Waals surface area contributed by atoms with E-state index in [9.17, 15) is 19.5 Å². The molecule has 1 saturated heterocycles. The predicted octanol–water partition coefficient (Wildman–Crippen LogP) is 2.31. The molecule has 156 valence electrons. The normalized spacial score (nSPS) is 29.9. The first kappa shape index (κ1) is 20.3. The molecule has 0 aliphatic carbocycles. The highest BCUT2D eigenvalue weighted by atomic mass is 16.7. The number of nitrogens with zero attached hydrogens (tertiary/aromatic N) is 1. The Kier molecular flexibility index (Phi) is 4.56. The van der Waals surface area contributed by atoms with Gasteiger partial charge in [-0.25, -0.2) is 0 Å². The number of para-hydroxylation sites is 1. The SMILES string of the molecule is COc1ccc(C(=O)[C@H]2[C@H](C(C)=O)[C@@](C)(O)O[C@]23C(=O)N(C)c2ccccc23)cc1. The van der Waals surface area contributed by atoms with E-state index in [4.69, 9.17) is 9.47 Å². The van der Waals surface area contributed by atoms with Crippen molar-refractivity contribution < 1.29 is 29.0 Å². The lowest BCUT2D eigenvalue weighted by Gasteiger charge is -2.29. The number of hydrogen-bond donors (Lipinski definition) is 1. The minimum Gasteiger partial charge on any atom is -0.497 e. The van der Waals surface area contributed by atoms with Crippen molar-refractivity contribution in [2.24, 2.45) is 11.8 Å². The van der Waals surface area contributed by atoms with Crippen molar-refractivity contribution in [1.29, 1.82) is 0 Å². The van der Waals surface area contributed by atoms with Crippen LogP contribution >= 0.6 is 0 Å². The maximum Gasteiger partial charge on any atom is 0.264 e. The first-order chi connectivity index (χ1) is 14.1. The molecule has 1 amide bonds. The second-order valence-electron chi connectivity index (χ2n) is 7.93. The Morgan fingerprint density at radius 3 is 2.33 bits per heavy atom. The molecule has 0 saturated carbocycles. The van der Waals surface area contributed by atoms with Crippen LogP contribution in [0, 0.1) is 11.8 Å². The van der Waals surface area contributed by atoms with Crippen LogP contribution in [0.25, 0.3) is 0 Å². The first-order valence-electron chi connectivity index (χ1n) is 9.64. The van der Waals surface area contributed by atoms with Crippen molar-refractivity contribution in [3.8, 4) is 5.75 Å². The largest absolute Gasteiger partial charge is 0.497 e. The van der Waals surface area contributed by atoms with Gasteiger partial charge in [0.05, 0.1) is 24.6 Å². The van der Waals surface area contributed by atoms with Crippen LogP contribution in [0.5, 0.6) is 5.75 Å². The molecule has 0 unspecified atom stereocenters. The molecule has 1 spiro atoms. The minimum absolute atomic E-state index is 0.299. The summed E-state index contributed by atoms with van der Waals surface area (Å²) in [4.78, 5) is 41.2. The van der Waals surface area contributed by atoms with Gasteiger partial charge in [-0.05, 0) is 44.2 Å². The van der Waals surface area contributed by atoms with Crippen LogP contribution in [0.1, 0.15) is 29.8 Å². The maximum atomic E-state index is 13.7. The molecule has 2 aromatic rings. The number of likely N-dealkylation sites (N-methyl/N-ethyl adjacent to an activating group) is 1. The van der Waals surface area contributed by atoms with Gasteiger partial charge in [-0.1, -0.05) is 18.2 Å². The van der Waals surface area contributed by atoms with Crippen molar-refractivity contribution in [1.82, 2.24) is 0 Å². The number of fused-ring (bicyclic) bond motifs is 2. The van der Waals surface area contributed by atoms with Gasteiger partial charge < -0.3 is 19.5 Å². The van der Waals surface area contributed by atoms with Gasteiger partial charge in [-0.3, -0.25) is 14.4 Å². The average Bonchev–Trinajstić information content (AvgIpc) is 3.11. The Morgan fingerprint density at radius 1 is 1.10 bits per heavy atom. The van der Waals surface area contributed by atoms with Crippen molar-refractivity contribution in [2.75, 3.05) is 19.1 Å². The third-order valence-electron chi connectivity index (χ3n) is 6.10. The van der Waals surface area contributed by atoms with E-state index in [1.54, 1.807) is 55.6 Å². The molecule has 7 nitrogen and oxygen atoms in total. The Labute approximate surface area is 174 Å². The molecule has 4 atom stereocenters. The zero-order valence-electron chi connectivity index (χ0n) is 17.2. The van der Waals surface area contributed by atoms with Gasteiger partial charge in [0.1, 0.15) is 11.5 Å². The third-order valence-corrected chi connectivity index (χ3v) is 6.10. The highest BCUT2D eigenvalue weighted by Crippen LogP contribution is 2.58. The predicted molar refractivity (Wildman–Crippen MR) is 108 cm³/mol. The summed E-state index contributed by atoms with van der Waals surface area (Å²) in [5.74, 6) is -5.22. The van der Waals surface area contributed by atoms with Crippen molar-refractivity contribution in [3.63, 3.8) is 0 Å². The summed E-state index contributed by atoms with van der Waals surface area (Å²) >= 11 is 0. The zero-order chi connectivity index (χ0) is 21.8. The van der Waals surface area contributed by atoms with E-state index < -0.39 is 40.7 Å². The Hall–Kier alpha value is -3.03. The molecule has 2 aromatic carbocycles. The van der Waals surface area contributed by atoms with Crippen LogP contribution in [-0.4, -0.2) is 42.5 Å². The number of amides is 1. The van der Waals surface area contributed by atoms with Crippen LogP contribution in [0.3, 0.4) is 0 Å². The smallest absolute Gasteiger partial charge is 0.264 e. The van der Waals surface area contributed by atoms with Crippen LogP contribution < -0.4 is 9.64 Å². The van der Waals surface area contributed by atoms with Crippen LogP contribution in [0.4, 0.5) is 5.69 Å². The Bertz CT molecular complexity index is 1040. The number of anilines is 1. The lowest BCUT2D eigenvalue weighted by Crippen LogP contribution is -2.47. The van der Waals surface area contributed by atoms with Gasteiger partial charge in [0.25, 0.3) is 5.91 Å². The zero-order valence-corrected chi connectivity index (χ0v) is 17.2. The summed E-state index contributed by atoms with van der Waals surface area (Å²) < 4.78 is 11.1. The molecular formula is C23H23NO6. The van der Waals surface area contributed by atoms with E-state index in [0.717, 1.165) is 0 Å². The molecule has 4 rings (SSSR count). The number of benzene rings is 2. The number of Topliss-reactive ketones (excluding diaryl/α,β-unsaturated/α-hetero) is 2. The van der Waals surface area contributed by atoms with E-state index in [0.29, 0.717) is 22.6 Å². The van der Waals surface area contributed by atoms with E-state index in [1.165, 1.54) is 25.9 Å². The number of aliphatic hydroxyl groups is 1. The number of hydrogen-bond acceptors (Lipinski definition) is 6. The van der Waals surface area contributed by atoms with E-state index >= 15 is 0 Å². The summed E-state index contributed by atoms with van der Waals surface area (Å²) in [7, 11) is 3.10. The maximum absolute atomic E-state index is 13.7. The van der Waals surface area contributed by atoms with Crippen LogP contribution in [0.2, 0.25) is 0 Å². The second-order valence-corrected chi connectivity index (χ2v) is 7.93. The van der Waals surface area contributed by atoms with Gasteiger partial charge in [0, 0.05) is 18.2 Å². The molecule has 2 aliphatic heterocycles. The fourth-order valence-electron chi connectivity index (χ4n) is 4.83. The quantitative estimate of drug-likeness (QED) is 0.779. The first-order valence-corrected chi connectivity index (χ1v) is 9.64. The fraction of sp³-hybridized carbons (Fsp3) is 0.348. The lowest BCUT2D eigenvalue weighted by molar-refractivity contribution is -0.224. The van der Waals surface area contributed by atoms with E-state index in [-0.39, 0.29) is 0 Å². The van der Waals surface area contributed by atoms with Gasteiger partial charge in [-0.2, -0.15) is 0 Å². The summed E-state index contributed by atoms with van der Waals surface area (Å²) in [5, 5.41) is 11.0. The highest BCUT2D eigenvalue weighted by molar-refractivity contribution is 6.13. The van der Waals surface area contributed by atoms with Crippen molar-refractivity contribution in [2.45, 2.75) is 25.2 Å². The topological polar surface area (TPSA) is 93.1 Å². The molecule has 2 heterocycles. The molecule has 30 heavy (non-hydrogen) atoms. The molecule has 1 fully saturated rings. The van der Waals surface area contributed by atoms with Gasteiger partial charge in [0.2, 0.25) is 0 Å². The molecule has 2 aliphatic rings. The molecular weight excluding hydrogens is 386 g/mol. The Balaban J connectivity index is 1.94. The van der Waals surface area contributed by atoms with Gasteiger partial charge in [-0.15, -0.1) is 0 Å².